The number of nitrogens with zero attached hydrogens (tertiary/aromatic N) is 3. The molecule has 5 rings (SSSR count). The molecule has 1 N–H and O–H groups in total. The van der Waals surface area contributed by atoms with Gasteiger partial charge in [-0.15, -0.1) is 0 Å². The molecular weight excluding hydrogens is 403 g/mol. The first-order valence-corrected chi connectivity index (χ1v) is 9.76. The van der Waals surface area contributed by atoms with Crippen molar-refractivity contribution in [3.8, 4) is 11.3 Å². The molecule has 140 valence electrons. The van der Waals surface area contributed by atoms with Gasteiger partial charge in [0.05, 0.1) is 17.4 Å². The summed E-state index contributed by atoms with van der Waals surface area (Å²) >= 11 is 12.8. The fraction of sp³-hybridized carbons (Fsp3) is 0. The maximum atomic E-state index is 6.46. The standard InChI is InChI=1S/C23H14Cl2N4/c24-14-8-9-15-17-12-22(29-21-7-3-4-10-26-21)27-13-20(17)28-23(18(15)11-14)16-5-1-2-6-19(16)25/h1-13H,(H,26,27,29). The molecule has 0 aliphatic carbocycles. The normalized spacial score (nSPS) is 11.1. The van der Waals surface area contributed by atoms with Crippen LogP contribution in [0.1, 0.15) is 0 Å². The Kier molecular flexibility index (Phi) is 4.51. The zero-order chi connectivity index (χ0) is 19.8. The van der Waals surface area contributed by atoms with E-state index in [0.717, 1.165) is 38.8 Å². The molecule has 4 nitrogen and oxygen atoms in total. The Morgan fingerprint density at radius 3 is 2.41 bits per heavy atom. The average molecular weight is 417 g/mol. The lowest BCUT2D eigenvalue weighted by molar-refractivity contribution is 1.26. The summed E-state index contributed by atoms with van der Waals surface area (Å²) in [5, 5.41) is 7.46. The Balaban J connectivity index is 1.75. The topological polar surface area (TPSA) is 50.7 Å². The second kappa shape index (κ2) is 7.32. The summed E-state index contributed by atoms with van der Waals surface area (Å²) in [4.78, 5) is 13.7. The van der Waals surface area contributed by atoms with E-state index in [9.17, 15) is 0 Å². The number of hydrogen-bond donors (Lipinski definition) is 1. The van der Waals surface area contributed by atoms with Gasteiger partial charge in [-0.05, 0) is 41.8 Å². The van der Waals surface area contributed by atoms with Gasteiger partial charge in [0.25, 0.3) is 0 Å². The Morgan fingerprint density at radius 2 is 1.59 bits per heavy atom. The fourth-order valence-electron chi connectivity index (χ4n) is 3.38. The number of anilines is 2. The van der Waals surface area contributed by atoms with Crippen molar-refractivity contribution >= 4 is 56.5 Å². The second-order valence-electron chi connectivity index (χ2n) is 6.56. The number of benzene rings is 2. The zero-order valence-corrected chi connectivity index (χ0v) is 16.6. The van der Waals surface area contributed by atoms with Crippen LogP contribution in [0.3, 0.4) is 0 Å². The van der Waals surface area contributed by atoms with E-state index >= 15 is 0 Å². The molecule has 0 saturated heterocycles. The Hall–Kier alpha value is -3.21. The summed E-state index contributed by atoms with van der Waals surface area (Å²) in [7, 11) is 0. The van der Waals surface area contributed by atoms with E-state index in [1.165, 1.54) is 0 Å². The molecule has 0 unspecified atom stereocenters. The molecule has 0 fully saturated rings. The first-order chi connectivity index (χ1) is 14.2. The van der Waals surface area contributed by atoms with E-state index in [1.807, 2.05) is 66.7 Å². The lowest BCUT2D eigenvalue weighted by Crippen LogP contribution is -1.97. The molecule has 29 heavy (non-hydrogen) atoms. The first kappa shape index (κ1) is 17.9. The van der Waals surface area contributed by atoms with Gasteiger partial charge in [-0.1, -0.05) is 53.5 Å². The number of halogens is 2. The van der Waals surface area contributed by atoms with E-state index < -0.39 is 0 Å². The highest BCUT2D eigenvalue weighted by atomic mass is 35.5. The van der Waals surface area contributed by atoms with Gasteiger partial charge in [0, 0.05) is 32.6 Å². The smallest absolute Gasteiger partial charge is 0.132 e. The number of nitrogens with one attached hydrogen (secondary N) is 1. The lowest BCUT2D eigenvalue weighted by Gasteiger charge is -2.12. The number of fused-ring (bicyclic) bond motifs is 3. The van der Waals surface area contributed by atoms with Crippen molar-refractivity contribution in [2.24, 2.45) is 0 Å². The van der Waals surface area contributed by atoms with Gasteiger partial charge < -0.3 is 5.32 Å². The van der Waals surface area contributed by atoms with Gasteiger partial charge in [0.2, 0.25) is 0 Å². The van der Waals surface area contributed by atoms with Crippen molar-refractivity contribution in [3.05, 3.63) is 89.2 Å². The monoisotopic (exact) mass is 416 g/mol. The zero-order valence-electron chi connectivity index (χ0n) is 15.1. The van der Waals surface area contributed by atoms with Crippen molar-refractivity contribution in [2.45, 2.75) is 0 Å². The molecule has 0 bridgehead atoms. The molecule has 0 spiro atoms. The number of hydrogen-bond acceptors (Lipinski definition) is 4. The van der Waals surface area contributed by atoms with E-state index in [2.05, 4.69) is 15.3 Å². The van der Waals surface area contributed by atoms with E-state index in [0.29, 0.717) is 15.9 Å². The predicted molar refractivity (Wildman–Crippen MR) is 120 cm³/mol. The highest BCUT2D eigenvalue weighted by Crippen LogP contribution is 2.37. The second-order valence-corrected chi connectivity index (χ2v) is 7.40. The van der Waals surface area contributed by atoms with E-state index in [-0.39, 0.29) is 0 Å². The van der Waals surface area contributed by atoms with Gasteiger partial charge in [0.15, 0.2) is 0 Å². The molecule has 0 radical (unpaired) electrons. The van der Waals surface area contributed by atoms with E-state index in [4.69, 9.17) is 28.2 Å². The highest BCUT2D eigenvalue weighted by Gasteiger charge is 2.14. The van der Waals surface area contributed by atoms with Gasteiger partial charge in [-0.3, -0.25) is 0 Å². The van der Waals surface area contributed by atoms with Crippen LogP contribution < -0.4 is 5.32 Å². The third-order valence-corrected chi connectivity index (χ3v) is 5.26. The van der Waals surface area contributed by atoms with Gasteiger partial charge >= 0.3 is 0 Å². The largest absolute Gasteiger partial charge is 0.325 e. The third-order valence-electron chi connectivity index (χ3n) is 4.69. The van der Waals surface area contributed by atoms with Gasteiger partial charge in [0.1, 0.15) is 11.6 Å². The van der Waals surface area contributed by atoms with Gasteiger partial charge in [-0.2, -0.15) is 0 Å². The molecular formula is C23H14Cl2N4. The average Bonchev–Trinajstić information content (AvgIpc) is 2.74. The van der Waals surface area contributed by atoms with Crippen molar-refractivity contribution in [1.29, 1.82) is 0 Å². The van der Waals surface area contributed by atoms with Crippen LogP contribution in [0.2, 0.25) is 10.0 Å². The molecule has 0 atom stereocenters. The van der Waals surface area contributed by atoms with Crippen molar-refractivity contribution < 1.29 is 0 Å². The molecule has 6 heteroatoms. The van der Waals surface area contributed by atoms with Crippen LogP contribution in [0.4, 0.5) is 11.6 Å². The van der Waals surface area contributed by atoms with Crippen LogP contribution in [-0.4, -0.2) is 15.0 Å². The summed E-state index contributed by atoms with van der Waals surface area (Å²) in [5.74, 6) is 1.42. The number of rotatable bonds is 3. The van der Waals surface area contributed by atoms with Crippen LogP contribution >= 0.6 is 23.2 Å². The molecule has 5 aromatic rings. The summed E-state index contributed by atoms with van der Waals surface area (Å²) in [6, 6.07) is 21.1. The fourth-order valence-corrected chi connectivity index (χ4v) is 3.77. The quantitative estimate of drug-likeness (QED) is 0.325. The van der Waals surface area contributed by atoms with Crippen LogP contribution in [0.5, 0.6) is 0 Å². The maximum absolute atomic E-state index is 6.46. The lowest BCUT2D eigenvalue weighted by atomic mass is 10.0. The molecule has 0 amide bonds. The van der Waals surface area contributed by atoms with Crippen LogP contribution in [-0.2, 0) is 0 Å². The molecule has 3 aromatic heterocycles. The van der Waals surface area contributed by atoms with Crippen molar-refractivity contribution in [1.82, 2.24) is 15.0 Å². The van der Waals surface area contributed by atoms with Gasteiger partial charge in [-0.25, -0.2) is 15.0 Å². The SMILES string of the molecule is Clc1ccc2c(c1)c(-c1ccccc1Cl)nc1cnc(Nc3ccccn3)cc12. The third kappa shape index (κ3) is 3.37. The summed E-state index contributed by atoms with van der Waals surface area (Å²) < 4.78 is 0. The minimum atomic E-state index is 0.641. The van der Waals surface area contributed by atoms with Crippen LogP contribution in [0.15, 0.2) is 79.1 Å². The predicted octanol–water partition coefficient (Wildman–Crippen LogP) is 6.90. The molecule has 0 saturated carbocycles. The summed E-state index contributed by atoms with van der Waals surface area (Å²) in [6.07, 6.45) is 3.49. The highest BCUT2D eigenvalue weighted by molar-refractivity contribution is 6.34. The Bertz CT molecular complexity index is 1350. The molecule has 0 aliphatic heterocycles. The minimum Gasteiger partial charge on any atom is -0.325 e. The summed E-state index contributed by atoms with van der Waals surface area (Å²) in [6.45, 7) is 0. The van der Waals surface area contributed by atoms with Crippen molar-refractivity contribution in [2.75, 3.05) is 5.32 Å². The Labute approximate surface area is 177 Å². The van der Waals surface area contributed by atoms with Crippen LogP contribution in [0, 0.1) is 0 Å². The Morgan fingerprint density at radius 1 is 0.724 bits per heavy atom. The van der Waals surface area contributed by atoms with E-state index in [1.54, 1.807) is 12.4 Å². The maximum Gasteiger partial charge on any atom is 0.132 e. The van der Waals surface area contributed by atoms with Crippen molar-refractivity contribution in [3.63, 3.8) is 0 Å². The molecule has 2 aromatic carbocycles. The minimum absolute atomic E-state index is 0.641. The summed E-state index contributed by atoms with van der Waals surface area (Å²) in [5.41, 5.74) is 2.42. The number of aromatic nitrogens is 3. The molecule has 3 heterocycles. The first-order valence-electron chi connectivity index (χ1n) is 9.01. The molecule has 0 aliphatic rings. The number of pyridine rings is 3. The van der Waals surface area contributed by atoms with Crippen LogP contribution in [0.25, 0.3) is 32.9 Å².